The van der Waals surface area contributed by atoms with Crippen molar-refractivity contribution >= 4 is 5.91 Å². The Morgan fingerprint density at radius 2 is 2.05 bits per heavy atom. The minimum Gasteiger partial charge on any atom is -0.378 e. The third-order valence-corrected chi connectivity index (χ3v) is 4.81. The number of carbonyl (C=O) groups is 1. The molecule has 0 bridgehead atoms. The van der Waals surface area contributed by atoms with Crippen LogP contribution in [0.15, 0.2) is 0 Å². The molecule has 4 heteroatoms. The largest absolute Gasteiger partial charge is 0.378 e. The van der Waals surface area contributed by atoms with Crippen molar-refractivity contribution in [1.29, 1.82) is 0 Å². The van der Waals surface area contributed by atoms with Crippen LogP contribution in [0.5, 0.6) is 0 Å². The summed E-state index contributed by atoms with van der Waals surface area (Å²) in [5.74, 6) is 1.77. The van der Waals surface area contributed by atoms with Gasteiger partial charge in [0.2, 0.25) is 5.91 Å². The summed E-state index contributed by atoms with van der Waals surface area (Å²) in [5, 5.41) is 3.56. The minimum atomic E-state index is -0.000187. The van der Waals surface area contributed by atoms with Crippen molar-refractivity contribution in [2.45, 2.75) is 72.2 Å². The van der Waals surface area contributed by atoms with E-state index in [9.17, 15) is 4.79 Å². The van der Waals surface area contributed by atoms with Crippen LogP contribution in [0.1, 0.15) is 53.9 Å². The van der Waals surface area contributed by atoms with Gasteiger partial charge in [-0.2, -0.15) is 0 Å². The van der Waals surface area contributed by atoms with Crippen molar-refractivity contribution in [3.05, 3.63) is 0 Å². The van der Waals surface area contributed by atoms with E-state index in [1.807, 2.05) is 0 Å². The molecule has 4 unspecified atom stereocenters. The van der Waals surface area contributed by atoms with Crippen molar-refractivity contribution in [1.82, 2.24) is 10.2 Å². The Morgan fingerprint density at radius 1 is 1.33 bits per heavy atom. The fourth-order valence-corrected chi connectivity index (χ4v) is 3.71. The molecule has 2 heterocycles. The van der Waals surface area contributed by atoms with Crippen LogP contribution in [-0.2, 0) is 9.53 Å². The van der Waals surface area contributed by atoms with Crippen LogP contribution in [0.3, 0.4) is 0 Å². The van der Waals surface area contributed by atoms with Gasteiger partial charge in [-0.3, -0.25) is 10.1 Å². The Labute approximate surface area is 129 Å². The molecule has 0 aliphatic carbocycles. The quantitative estimate of drug-likeness (QED) is 0.819. The lowest BCUT2D eigenvalue weighted by Crippen LogP contribution is -2.44. The first-order valence-electron chi connectivity index (χ1n) is 8.62. The molecule has 2 aliphatic heterocycles. The molecule has 21 heavy (non-hydrogen) atoms. The van der Waals surface area contributed by atoms with E-state index in [0.29, 0.717) is 29.8 Å². The Bertz CT molecular complexity index is 357. The van der Waals surface area contributed by atoms with Crippen LogP contribution in [-0.4, -0.2) is 42.3 Å². The van der Waals surface area contributed by atoms with E-state index in [1.165, 1.54) is 0 Å². The number of hydrogen-bond acceptors (Lipinski definition) is 3. The lowest BCUT2D eigenvalue weighted by atomic mass is 9.98. The van der Waals surface area contributed by atoms with Crippen molar-refractivity contribution in [3.8, 4) is 0 Å². The van der Waals surface area contributed by atoms with Crippen LogP contribution in [0.25, 0.3) is 0 Å². The first kappa shape index (κ1) is 16.8. The van der Waals surface area contributed by atoms with E-state index in [2.05, 4.69) is 44.8 Å². The molecule has 0 aromatic carbocycles. The second-order valence-electron chi connectivity index (χ2n) is 7.39. The van der Waals surface area contributed by atoms with Crippen LogP contribution < -0.4 is 5.32 Å². The van der Waals surface area contributed by atoms with Crippen LogP contribution >= 0.6 is 0 Å². The van der Waals surface area contributed by atoms with Crippen LogP contribution in [0, 0.1) is 17.8 Å². The van der Waals surface area contributed by atoms with E-state index in [-0.39, 0.29) is 12.2 Å². The summed E-state index contributed by atoms with van der Waals surface area (Å²) in [4.78, 5) is 14.9. The van der Waals surface area contributed by atoms with Gasteiger partial charge in [-0.15, -0.1) is 0 Å². The second-order valence-corrected chi connectivity index (χ2v) is 7.39. The number of ether oxygens (including phenoxy) is 1. The average molecular weight is 296 g/mol. The van der Waals surface area contributed by atoms with Gasteiger partial charge in [-0.1, -0.05) is 34.6 Å². The lowest BCUT2D eigenvalue weighted by Gasteiger charge is -2.30. The summed E-state index contributed by atoms with van der Waals surface area (Å²) >= 11 is 0. The van der Waals surface area contributed by atoms with Gasteiger partial charge in [0.25, 0.3) is 0 Å². The lowest BCUT2D eigenvalue weighted by molar-refractivity contribution is -0.131. The number of rotatable bonds is 6. The molecule has 0 aromatic rings. The second kappa shape index (κ2) is 7.10. The molecule has 122 valence electrons. The molecule has 2 aliphatic rings. The molecule has 1 amide bonds. The van der Waals surface area contributed by atoms with Crippen molar-refractivity contribution in [2.75, 3.05) is 13.2 Å². The van der Waals surface area contributed by atoms with E-state index in [1.54, 1.807) is 0 Å². The first-order chi connectivity index (χ1) is 9.93. The van der Waals surface area contributed by atoms with Gasteiger partial charge in [0.05, 0.1) is 18.3 Å². The predicted molar refractivity (Wildman–Crippen MR) is 84.9 cm³/mol. The molecule has 0 aromatic heterocycles. The summed E-state index contributed by atoms with van der Waals surface area (Å²) < 4.78 is 5.79. The maximum atomic E-state index is 12.8. The summed E-state index contributed by atoms with van der Waals surface area (Å²) in [6, 6.07) is -0.000187. The van der Waals surface area contributed by atoms with Gasteiger partial charge in [0.1, 0.15) is 0 Å². The smallest absolute Gasteiger partial charge is 0.241 e. The van der Waals surface area contributed by atoms with Crippen LogP contribution in [0.2, 0.25) is 0 Å². The van der Waals surface area contributed by atoms with Gasteiger partial charge in [0, 0.05) is 19.1 Å². The average Bonchev–Trinajstić information content (AvgIpc) is 2.97. The van der Waals surface area contributed by atoms with Crippen molar-refractivity contribution in [3.63, 3.8) is 0 Å². The molecule has 0 radical (unpaired) electrons. The summed E-state index contributed by atoms with van der Waals surface area (Å²) in [5.41, 5.74) is 0. The van der Waals surface area contributed by atoms with Crippen molar-refractivity contribution in [2.24, 2.45) is 17.8 Å². The summed E-state index contributed by atoms with van der Waals surface area (Å²) in [7, 11) is 0. The van der Waals surface area contributed by atoms with Crippen molar-refractivity contribution < 1.29 is 9.53 Å². The molecular weight excluding hydrogens is 264 g/mol. The number of amides is 1. The number of nitrogens with one attached hydrogen (secondary N) is 1. The summed E-state index contributed by atoms with van der Waals surface area (Å²) in [6.45, 7) is 12.6. The fourth-order valence-electron chi connectivity index (χ4n) is 3.71. The van der Waals surface area contributed by atoms with Gasteiger partial charge in [0.15, 0.2) is 0 Å². The third-order valence-electron chi connectivity index (χ3n) is 4.81. The highest BCUT2D eigenvalue weighted by atomic mass is 16.5. The highest BCUT2D eigenvalue weighted by Gasteiger charge is 2.42. The fraction of sp³-hybridized carbons (Fsp3) is 0.941. The van der Waals surface area contributed by atoms with Gasteiger partial charge >= 0.3 is 0 Å². The number of hydrogen-bond donors (Lipinski definition) is 1. The predicted octanol–water partition coefficient (Wildman–Crippen LogP) is 2.63. The molecule has 1 N–H and O–H groups in total. The normalized spacial score (nSPS) is 33.7. The van der Waals surface area contributed by atoms with Crippen LogP contribution in [0.4, 0.5) is 0 Å². The summed E-state index contributed by atoms with van der Waals surface area (Å²) in [6.07, 6.45) is 3.56. The Hall–Kier alpha value is -0.610. The molecule has 4 atom stereocenters. The van der Waals surface area contributed by atoms with Gasteiger partial charge in [-0.05, 0) is 31.1 Å². The molecule has 4 nitrogen and oxygen atoms in total. The first-order valence-corrected chi connectivity index (χ1v) is 8.62. The molecule has 0 saturated carbocycles. The third kappa shape index (κ3) is 3.78. The molecule has 2 rings (SSSR count). The zero-order chi connectivity index (χ0) is 15.6. The zero-order valence-corrected chi connectivity index (χ0v) is 14.3. The molecule has 0 spiro atoms. The minimum absolute atomic E-state index is 0.000187. The Balaban J connectivity index is 2.05. The SMILES string of the molecule is CCC1OCCC1CN1C(=O)C(CC(C)C)NC1C(C)C. The van der Waals surface area contributed by atoms with E-state index in [4.69, 9.17) is 4.74 Å². The zero-order valence-electron chi connectivity index (χ0n) is 14.3. The highest BCUT2D eigenvalue weighted by Crippen LogP contribution is 2.28. The maximum absolute atomic E-state index is 12.8. The molecular formula is C17H32N2O2. The number of nitrogens with zero attached hydrogens (tertiary/aromatic N) is 1. The van der Waals surface area contributed by atoms with E-state index in [0.717, 1.165) is 32.4 Å². The van der Waals surface area contributed by atoms with Gasteiger partial charge in [-0.25, -0.2) is 0 Å². The highest BCUT2D eigenvalue weighted by molar-refractivity contribution is 5.84. The standard InChI is InChI=1S/C17H32N2O2/c1-6-15-13(7-8-21-15)10-19-16(12(4)5)18-14(17(19)20)9-11(2)3/h11-16,18H,6-10H2,1-5H3. The number of carbonyl (C=O) groups excluding carboxylic acids is 1. The topological polar surface area (TPSA) is 41.6 Å². The molecule has 2 fully saturated rings. The Morgan fingerprint density at radius 3 is 2.62 bits per heavy atom. The van der Waals surface area contributed by atoms with Gasteiger partial charge < -0.3 is 9.64 Å². The Kier molecular flexibility index (Phi) is 5.67. The van der Waals surface area contributed by atoms with E-state index >= 15 is 0 Å². The monoisotopic (exact) mass is 296 g/mol. The van der Waals surface area contributed by atoms with E-state index < -0.39 is 0 Å². The molecule has 2 saturated heterocycles. The maximum Gasteiger partial charge on any atom is 0.241 e.